The van der Waals surface area contributed by atoms with Crippen molar-refractivity contribution in [2.75, 3.05) is 10.5 Å². The number of hydrogen-bond acceptors (Lipinski definition) is 4. The normalized spacial score (nSPS) is 11.4. The van der Waals surface area contributed by atoms with Gasteiger partial charge in [0.1, 0.15) is 0 Å². The Morgan fingerprint density at radius 1 is 1.29 bits per heavy atom. The van der Waals surface area contributed by atoms with Gasteiger partial charge in [-0.25, -0.2) is 13.4 Å². The summed E-state index contributed by atoms with van der Waals surface area (Å²) in [5.74, 6) is 0. The summed E-state index contributed by atoms with van der Waals surface area (Å²) >= 11 is 15.0. The number of sulfonamides is 1. The maximum absolute atomic E-state index is 12.4. The van der Waals surface area contributed by atoms with Crippen LogP contribution in [0.15, 0.2) is 33.8 Å². The Bertz CT molecular complexity index is 789. The van der Waals surface area contributed by atoms with E-state index in [0.717, 1.165) is 0 Å². The average molecular weight is 411 g/mol. The van der Waals surface area contributed by atoms with Crippen LogP contribution in [-0.4, -0.2) is 13.4 Å². The van der Waals surface area contributed by atoms with Gasteiger partial charge < -0.3 is 5.73 Å². The van der Waals surface area contributed by atoms with Crippen LogP contribution in [0, 0.1) is 6.92 Å². The van der Waals surface area contributed by atoms with Crippen molar-refractivity contribution in [2.45, 2.75) is 11.8 Å². The highest BCUT2D eigenvalue weighted by atomic mass is 79.9. The molecule has 0 atom stereocenters. The molecular formula is C12H10BrCl2N3O2S. The zero-order valence-corrected chi connectivity index (χ0v) is 14.6. The molecule has 0 bridgehead atoms. The van der Waals surface area contributed by atoms with Gasteiger partial charge in [-0.15, -0.1) is 0 Å². The van der Waals surface area contributed by atoms with Gasteiger partial charge in [0.25, 0.3) is 10.0 Å². The summed E-state index contributed by atoms with van der Waals surface area (Å²) in [7, 11) is -3.85. The Balaban J connectivity index is 2.46. The number of hydrogen-bond donors (Lipinski definition) is 2. The quantitative estimate of drug-likeness (QED) is 0.594. The number of pyridine rings is 1. The highest BCUT2D eigenvalue weighted by Crippen LogP contribution is 2.29. The molecule has 0 spiro atoms. The molecule has 1 aromatic heterocycles. The van der Waals surface area contributed by atoms with E-state index >= 15 is 0 Å². The first-order valence-electron chi connectivity index (χ1n) is 5.60. The van der Waals surface area contributed by atoms with Crippen LogP contribution in [0.3, 0.4) is 0 Å². The van der Waals surface area contributed by atoms with E-state index in [0.29, 0.717) is 15.1 Å². The third-order valence-corrected chi connectivity index (χ3v) is 5.21. The smallest absolute Gasteiger partial charge is 0.262 e. The third-order valence-electron chi connectivity index (χ3n) is 2.62. The second kappa shape index (κ2) is 6.00. The minimum atomic E-state index is -3.85. The lowest BCUT2D eigenvalue weighted by molar-refractivity contribution is 0.601. The van der Waals surface area contributed by atoms with Gasteiger partial charge in [-0.05, 0) is 46.6 Å². The summed E-state index contributed by atoms with van der Waals surface area (Å²) in [5, 5.41) is 0.372. The molecule has 1 aromatic carbocycles. The van der Waals surface area contributed by atoms with Crippen LogP contribution < -0.4 is 10.5 Å². The van der Waals surface area contributed by atoms with Crippen molar-refractivity contribution in [3.05, 3.63) is 44.6 Å². The zero-order chi connectivity index (χ0) is 15.8. The van der Waals surface area contributed by atoms with Crippen LogP contribution in [0.25, 0.3) is 0 Å². The fourth-order valence-electron chi connectivity index (χ4n) is 1.62. The van der Waals surface area contributed by atoms with Crippen LogP contribution in [0.5, 0.6) is 0 Å². The first-order valence-corrected chi connectivity index (χ1v) is 8.63. The van der Waals surface area contributed by atoms with Crippen molar-refractivity contribution in [1.82, 2.24) is 4.98 Å². The molecular weight excluding hydrogens is 401 g/mol. The van der Waals surface area contributed by atoms with E-state index in [9.17, 15) is 8.42 Å². The Morgan fingerprint density at radius 2 is 1.95 bits per heavy atom. The largest absolute Gasteiger partial charge is 0.397 e. The number of benzene rings is 1. The number of nitrogens with zero attached hydrogens (tertiary/aromatic N) is 1. The van der Waals surface area contributed by atoms with Crippen molar-refractivity contribution in [3.63, 3.8) is 0 Å². The van der Waals surface area contributed by atoms with Gasteiger partial charge in [0.05, 0.1) is 21.3 Å². The molecule has 5 nitrogen and oxygen atoms in total. The monoisotopic (exact) mass is 409 g/mol. The zero-order valence-electron chi connectivity index (χ0n) is 10.7. The second-order valence-electron chi connectivity index (χ2n) is 4.24. The highest BCUT2D eigenvalue weighted by molar-refractivity contribution is 9.10. The number of halogens is 3. The fourth-order valence-corrected chi connectivity index (χ4v) is 3.44. The minimum absolute atomic E-state index is 0.00191. The molecule has 0 unspecified atom stereocenters. The van der Waals surface area contributed by atoms with Gasteiger partial charge in [-0.3, -0.25) is 4.72 Å². The van der Waals surface area contributed by atoms with Crippen molar-refractivity contribution < 1.29 is 8.42 Å². The summed E-state index contributed by atoms with van der Waals surface area (Å²) in [6.45, 7) is 1.67. The highest BCUT2D eigenvalue weighted by Gasteiger charge is 2.18. The number of nitrogens with one attached hydrogen (secondary N) is 1. The predicted molar refractivity (Wildman–Crippen MR) is 88.4 cm³/mol. The topological polar surface area (TPSA) is 85.1 Å². The third kappa shape index (κ3) is 3.60. The number of nitrogen functional groups attached to an aromatic ring is 1. The second-order valence-corrected chi connectivity index (χ2v) is 7.57. The Kier molecular flexibility index (Phi) is 4.67. The summed E-state index contributed by atoms with van der Waals surface area (Å²) in [4.78, 5) is 3.85. The molecule has 9 heteroatoms. The molecule has 3 N–H and O–H groups in total. The molecule has 0 amide bonds. The summed E-state index contributed by atoms with van der Waals surface area (Å²) in [5.41, 5.74) is 6.62. The van der Waals surface area contributed by atoms with Crippen molar-refractivity contribution in [3.8, 4) is 0 Å². The van der Waals surface area contributed by atoms with E-state index in [1.165, 1.54) is 24.4 Å². The summed E-state index contributed by atoms with van der Waals surface area (Å²) in [6.07, 6.45) is 1.46. The summed E-state index contributed by atoms with van der Waals surface area (Å²) in [6, 6.07) is 4.23. The van der Waals surface area contributed by atoms with Crippen molar-refractivity contribution in [2.24, 2.45) is 0 Å². The molecule has 0 aliphatic rings. The Hall–Kier alpha value is -1.02. The van der Waals surface area contributed by atoms with Crippen LogP contribution >= 0.6 is 39.1 Å². The molecule has 0 aliphatic carbocycles. The fraction of sp³-hybridized carbons (Fsp3) is 0.0833. The molecule has 112 valence electrons. The van der Waals surface area contributed by atoms with Gasteiger partial charge in [0, 0.05) is 10.7 Å². The molecule has 1 heterocycles. The first-order chi connectivity index (χ1) is 9.70. The lowest BCUT2D eigenvalue weighted by atomic mass is 10.2. The van der Waals surface area contributed by atoms with E-state index in [1.54, 1.807) is 6.92 Å². The lowest BCUT2D eigenvalue weighted by Crippen LogP contribution is -2.14. The van der Waals surface area contributed by atoms with Crippen LogP contribution in [0.1, 0.15) is 5.56 Å². The maximum atomic E-state index is 12.4. The minimum Gasteiger partial charge on any atom is -0.397 e. The molecule has 0 aliphatic heterocycles. The number of anilines is 2. The average Bonchev–Trinajstić information content (AvgIpc) is 2.39. The molecule has 0 radical (unpaired) electrons. The number of rotatable bonds is 3. The first kappa shape index (κ1) is 16.4. The SMILES string of the molecule is Cc1cc(S(=O)(=O)Nc2cc(Br)cnc2Cl)cc(N)c1Cl. The lowest BCUT2D eigenvalue weighted by Gasteiger charge is -2.11. The van der Waals surface area contributed by atoms with E-state index in [4.69, 9.17) is 28.9 Å². The van der Waals surface area contributed by atoms with Crippen molar-refractivity contribution in [1.29, 1.82) is 0 Å². The Labute approximate surface area is 140 Å². The van der Waals surface area contributed by atoms with Gasteiger partial charge in [-0.1, -0.05) is 23.2 Å². The van der Waals surface area contributed by atoms with Crippen molar-refractivity contribution >= 4 is 60.5 Å². The van der Waals surface area contributed by atoms with E-state index in [2.05, 4.69) is 25.6 Å². The molecule has 2 rings (SSSR count). The molecule has 0 saturated carbocycles. The van der Waals surface area contributed by atoms with Gasteiger partial charge in [0.2, 0.25) is 0 Å². The predicted octanol–water partition coefficient (Wildman–Crippen LogP) is 3.84. The Morgan fingerprint density at radius 3 is 2.57 bits per heavy atom. The molecule has 0 fully saturated rings. The van der Waals surface area contributed by atoms with Gasteiger partial charge in [0.15, 0.2) is 5.15 Å². The van der Waals surface area contributed by atoms with Crippen LogP contribution in [0.2, 0.25) is 10.2 Å². The van der Waals surface area contributed by atoms with Gasteiger partial charge >= 0.3 is 0 Å². The molecule has 0 saturated heterocycles. The molecule has 21 heavy (non-hydrogen) atoms. The summed E-state index contributed by atoms with van der Waals surface area (Å²) < 4.78 is 27.7. The van der Waals surface area contributed by atoms with E-state index < -0.39 is 10.0 Å². The molecule has 2 aromatic rings. The number of aromatic nitrogens is 1. The van der Waals surface area contributed by atoms with Crippen LogP contribution in [0.4, 0.5) is 11.4 Å². The van der Waals surface area contributed by atoms with Gasteiger partial charge in [-0.2, -0.15) is 0 Å². The van der Waals surface area contributed by atoms with E-state index in [-0.39, 0.29) is 21.4 Å². The van der Waals surface area contributed by atoms with Crippen LogP contribution in [-0.2, 0) is 10.0 Å². The van der Waals surface area contributed by atoms with E-state index in [1.807, 2.05) is 0 Å². The maximum Gasteiger partial charge on any atom is 0.262 e. The number of nitrogens with two attached hydrogens (primary N) is 1. The standard InChI is InChI=1S/C12H10BrCl2N3O2S/c1-6-2-8(4-9(16)11(6)14)21(19,20)18-10-3-7(13)5-17-12(10)15/h2-5,18H,16H2,1H3. The number of aryl methyl sites for hydroxylation is 1.